The first kappa shape index (κ1) is 56.6. The van der Waals surface area contributed by atoms with E-state index in [4.69, 9.17) is 28.4 Å². The van der Waals surface area contributed by atoms with Crippen LogP contribution in [0.3, 0.4) is 0 Å². The standard InChI is InChI=1S/C60H72N4O12S2/c1-39-26-48-45(34-56(78(68,69)70)52-31-44-13-8-10-15-51(44)64(52)59(48)67)33-53(39)75-36-40-27-41(29-47(28-40)62(19-20-73-23-24-74-22-21-71-5)38-60(2,3)77-25-11-16-57(65)61-4)37-76-55-32-42-17-18-46-30-43-12-7-9-14-50(43)63(46)58(66)49(42)35-54(55)72-6/h7-10,12-15,26-29,32-33,35,46,52,56H,11,16-25,30-31,34,36-38H2,1-6H3,(H,61,65)(H,68,69,70)/t46-,52+,56?/m1/s1. The predicted octanol–water partition coefficient (Wildman–Crippen LogP) is 8.59. The number of amides is 3. The van der Waals surface area contributed by atoms with Gasteiger partial charge in [-0.25, -0.2) is 0 Å². The quantitative estimate of drug-likeness (QED) is 0.0419. The second kappa shape index (κ2) is 24.9. The number of para-hydroxylation sites is 2. The van der Waals surface area contributed by atoms with Crippen molar-refractivity contribution in [3.63, 3.8) is 0 Å². The van der Waals surface area contributed by atoms with Crippen molar-refractivity contribution in [2.75, 3.05) is 87.8 Å². The average molecular weight is 1110 g/mol. The molecule has 0 saturated heterocycles. The molecule has 0 bridgehead atoms. The molecule has 16 nitrogen and oxygen atoms in total. The Morgan fingerprint density at radius 2 is 1.38 bits per heavy atom. The topological polar surface area (TPSA) is 183 Å². The van der Waals surface area contributed by atoms with E-state index in [2.05, 4.69) is 42.3 Å². The maximum absolute atomic E-state index is 14.4. The molecule has 4 heterocycles. The molecule has 4 aliphatic rings. The van der Waals surface area contributed by atoms with E-state index in [1.54, 1.807) is 45.2 Å². The highest BCUT2D eigenvalue weighted by Crippen LogP contribution is 2.43. The molecule has 1 unspecified atom stereocenters. The lowest BCUT2D eigenvalue weighted by Crippen LogP contribution is -2.47. The minimum atomic E-state index is -4.59. The third kappa shape index (κ3) is 13.0. The number of thioether (sulfide) groups is 1. The van der Waals surface area contributed by atoms with Gasteiger partial charge in [-0.05, 0) is 159 Å². The van der Waals surface area contributed by atoms with E-state index < -0.39 is 21.4 Å². The Bertz CT molecular complexity index is 3110. The third-order valence-electron chi connectivity index (χ3n) is 15.1. The first-order valence-corrected chi connectivity index (χ1v) is 29.3. The predicted molar refractivity (Wildman–Crippen MR) is 304 cm³/mol. The van der Waals surface area contributed by atoms with Gasteiger partial charge in [0.15, 0.2) is 11.5 Å². The highest BCUT2D eigenvalue weighted by Gasteiger charge is 2.47. The summed E-state index contributed by atoms with van der Waals surface area (Å²) in [6.45, 7) is 9.89. The Hall–Kier alpha value is -6.15. The second-order valence-electron chi connectivity index (χ2n) is 21.1. The van der Waals surface area contributed by atoms with Crippen LogP contribution < -0.4 is 34.2 Å². The SMILES string of the molecule is CNC(=O)CCCSC(C)(C)CN(CCOCCOCCOC)c1cc(COc2cc3c(cc2C)C(=O)N2c4ccccc4C[C@H]2C(S(=O)(=O)O)C3)cc(COc2cc3c(cc2OC)C(=O)N2c4ccccc4C[C@H]2CC3)c1. The Morgan fingerprint density at radius 3 is 2.08 bits per heavy atom. The number of aryl methyl sites for hydroxylation is 2. The number of rotatable bonds is 25. The fraction of sp³-hybridized carbons (Fsp3) is 0.450. The number of nitrogens with one attached hydrogen (secondary N) is 1. The van der Waals surface area contributed by atoms with Crippen LogP contribution in [0, 0.1) is 6.92 Å². The maximum atomic E-state index is 14.4. The van der Waals surface area contributed by atoms with Crippen molar-refractivity contribution in [2.24, 2.45) is 0 Å². The number of carbonyl (C=O) groups is 3. The summed E-state index contributed by atoms with van der Waals surface area (Å²) in [5.74, 6) is 1.88. The van der Waals surface area contributed by atoms with E-state index in [1.807, 2.05) is 72.5 Å². The van der Waals surface area contributed by atoms with Gasteiger partial charge in [0, 0.05) is 72.6 Å². The molecule has 5 aromatic carbocycles. The number of hydrogen-bond donors (Lipinski definition) is 2. The largest absolute Gasteiger partial charge is 0.493 e. The number of hydrogen-bond acceptors (Lipinski definition) is 13. The third-order valence-corrected chi connectivity index (χ3v) is 17.8. The number of fused-ring (bicyclic) bond motifs is 8. The lowest BCUT2D eigenvalue weighted by molar-refractivity contribution is -0.120. The van der Waals surface area contributed by atoms with Crippen LogP contribution in [-0.2, 0) is 68.0 Å². The number of nitrogens with zero attached hydrogens (tertiary/aromatic N) is 3. The van der Waals surface area contributed by atoms with Crippen LogP contribution in [0.1, 0.15) is 92.8 Å². The summed E-state index contributed by atoms with van der Waals surface area (Å²) in [5.41, 5.74) is 9.23. The van der Waals surface area contributed by atoms with Crippen LogP contribution in [0.4, 0.5) is 17.1 Å². The fourth-order valence-corrected chi connectivity index (χ4v) is 13.4. The van der Waals surface area contributed by atoms with E-state index in [9.17, 15) is 27.4 Å². The molecule has 0 aliphatic carbocycles. The van der Waals surface area contributed by atoms with E-state index >= 15 is 0 Å². The molecule has 0 aromatic heterocycles. The lowest BCUT2D eigenvalue weighted by atomic mass is 9.97. The molecule has 0 spiro atoms. The van der Waals surface area contributed by atoms with E-state index in [0.29, 0.717) is 111 Å². The van der Waals surface area contributed by atoms with Gasteiger partial charge in [-0.3, -0.25) is 18.9 Å². The smallest absolute Gasteiger partial charge is 0.270 e. The van der Waals surface area contributed by atoms with Crippen molar-refractivity contribution in [3.05, 3.63) is 141 Å². The number of carbonyl (C=O) groups excluding carboxylic acids is 3. The summed E-state index contributed by atoms with van der Waals surface area (Å²) in [5, 5.41) is 1.46. The van der Waals surface area contributed by atoms with Gasteiger partial charge in [-0.15, -0.1) is 0 Å². The average Bonchev–Trinajstić information content (AvgIpc) is 4.10. The summed E-state index contributed by atoms with van der Waals surface area (Å²) < 4.78 is 72.9. The van der Waals surface area contributed by atoms with Gasteiger partial charge in [-0.2, -0.15) is 20.2 Å². The molecule has 3 atom stereocenters. The second-order valence-corrected chi connectivity index (χ2v) is 24.5. The molecule has 4 aliphatic heterocycles. The first-order chi connectivity index (χ1) is 37.5. The van der Waals surface area contributed by atoms with Crippen LogP contribution in [0.5, 0.6) is 17.2 Å². The minimum Gasteiger partial charge on any atom is -0.493 e. The van der Waals surface area contributed by atoms with Gasteiger partial charge in [0.2, 0.25) is 5.91 Å². The van der Waals surface area contributed by atoms with Gasteiger partial charge >= 0.3 is 0 Å². The number of methoxy groups -OCH3 is 2. The van der Waals surface area contributed by atoms with Crippen molar-refractivity contribution >= 4 is 56.7 Å². The highest BCUT2D eigenvalue weighted by molar-refractivity contribution is 8.00. The molecule has 0 radical (unpaired) electrons. The summed E-state index contributed by atoms with van der Waals surface area (Å²) in [4.78, 5) is 46.6. The molecule has 9 rings (SSSR count). The zero-order valence-corrected chi connectivity index (χ0v) is 47.1. The van der Waals surface area contributed by atoms with Gasteiger partial charge in [0.05, 0.1) is 46.2 Å². The van der Waals surface area contributed by atoms with Crippen LogP contribution in [0.15, 0.2) is 91.0 Å². The van der Waals surface area contributed by atoms with Crippen molar-refractivity contribution < 1.29 is 55.8 Å². The Labute approximate surface area is 462 Å². The van der Waals surface area contributed by atoms with Crippen molar-refractivity contribution in [3.8, 4) is 17.2 Å². The van der Waals surface area contributed by atoms with Gasteiger partial charge in [-0.1, -0.05) is 36.4 Å². The van der Waals surface area contributed by atoms with E-state index in [1.165, 1.54) is 10.5 Å². The lowest BCUT2D eigenvalue weighted by Gasteiger charge is -2.34. The van der Waals surface area contributed by atoms with Crippen LogP contribution in [-0.4, -0.2) is 126 Å². The zero-order valence-electron chi connectivity index (χ0n) is 45.5. The number of ether oxygens (including phenoxy) is 6. The molecule has 0 saturated carbocycles. The summed E-state index contributed by atoms with van der Waals surface area (Å²) in [6, 6.07) is 28.3. The first-order valence-electron chi connectivity index (χ1n) is 26.8. The minimum absolute atomic E-state index is 0.0129. The Morgan fingerprint density at radius 1 is 0.756 bits per heavy atom. The van der Waals surface area contributed by atoms with Crippen LogP contribution in [0.2, 0.25) is 0 Å². The maximum Gasteiger partial charge on any atom is 0.270 e. The number of benzene rings is 5. The molecule has 416 valence electrons. The van der Waals surface area contributed by atoms with Gasteiger partial charge in [0.25, 0.3) is 21.9 Å². The summed E-state index contributed by atoms with van der Waals surface area (Å²) in [6.07, 6.45) is 3.73. The van der Waals surface area contributed by atoms with Crippen LogP contribution >= 0.6 is 11.8 Å². The van der Waals surface area contributed by atoms with E-state index in [0.717, 1.165) is 58.6 Å². The molecular weight excluding hydrogens is 1030 g/mol. The van der Waals surface area contributed by atoms with Crippen molar-refractivity contribution in [1.82, 2.24) is 5.32 Å². The van der Waals surface area contributed by atoms with Gasteiger partial charge in [0.1, 0.15) is 24.2 Å². The molecule has 18 heteroatoms. The molecule has 2 N–H and O–H groups in total. The Kier molecular flexibility index (Phi) is 18.0. The van der Waals surface area contributed by atoms with E-state index in [-0.39, 0.29) is 48.1 Å². The fourth-order valence-electron chi connectivity index (χ4n) is 11.3. The molecule has 3 amide bonds. The highest BCUT2D eigenvalue weighted by atomic mass is 32.2. The van der Waals surface area contributed by atoms with Gasteiger partial charge < -0.3 is 48.4 Å². The molecule has 0 fully saturated rings. The monoisotopic (exact) mass is 1100 g/mol. The number of anilines is 3. The van der Waals surface area contributed by atoms with Crippen molar-refractivity contribution in [1.29, 1.82) is 0 Å². The summed E-state index contributed by atoms with van der Waals surface area (Å²) in [7, 11) is 0.277. The molecule has 78 heavy (non-hydrogen) atoms. The van der Waals surface area contributed by atoms with Crippen molar-refractivity contribution in [2.45, 2.75) is 101 Å². The zero-order chi connectivity index (χ0) is 55.1. The molecular formula is C60H72N4O12S2. The summed E-state index contributed by atoms with van der Waals surface area (Å²) >= 11 is 1.80. The normalized spacial score (nSPS) is 17.5. The molecule has 5 aromatic rings. The Balaban J connectivity index is 1.02. The van der Waals surface area contributed by atoms with Crippen LogP contribution in [0.25, 0.3) is 0 Å².